The van der Waals surface area contributed by atoms with Crippen molar-refractivity contribution in [2.24, 2.45) is 22.2 Å². The molecule has 20 heavy (non-hydrogen) atoms. The molecule has 2 aliphatic rings. The fourth-order valence-electron chi connectivity index (χ4n) is 3.72. The zero-order valence-electron chi connectivity index (χ0n) is 12.6. The maximum absolute atomic E-state index is 12.9. The highest BCUT2D eigenvalue weighted by atomic mass is 16.4. The van der Waals surface area contributed by atoms with Crippen LogP contribution in [0.2, 0.25) is 0 Å². The lowest BCUT2D eigenvalue weighted by atomic mass is 9.68. The number of piperidine rings is 1. The molecule has 2 atom stereocenters. The van der Waals surface area contributed by atoms with E-state index in [9.17, 15) is 4.79 Å². The zero-order chi connectivity index (χ0) is 14.8. The number of carbonyl (C=O) groups is 1. The van der Waals surface area contributed by atoms with Gasteiger partial charge in [-0.3, -0.25) is 4.79 Å². The quantitative estimate of drug-likeness (QED) is 0.353. The minimum absolute atomic E-state index is 0.0580. The molecule has 2 rings (SSSR count). The molecule has 0 aromatic heterocycles. The van der Waals surface area contributed by atoms with E-state index in [1.165, 1.54) is 6.42 Å². The smallest absolute Gasteiger partial charge is 0.226 e. The largest absolute Gasteiger partial charge is 0.409 e. The lowest BCUT2D eigenvalue weighted by Gasteiger charge is -2.43. The molecule has 0 aromatic rings. The first-order chi connectivity index (χ1) is 9.47. The van der Waals surface area contributed by atoms with Crippen molar-refractivity contribution < 1.29 is 10.0 Å². The molecule has 1 saturated carbocycles. The minimum atomic E-state index is -0.223. The van der Waals surface area contributed by atoms with E-state index in [2.05, 4.69) is 19.0 Å². The molecule has 0 aromatic carbocycles. The Bertz CT molecular complexity index is 393. The number of oxime groups is 1. The molecular formula is C15H27N3O2. The van der Waals surface area contributed by atoms with Gasteiger partial charge in [0.1, 0.15) is 0 Å². The zero-order valence-corrected chi connectivity index (χ0v) is 12.6. The van der Waals surface area contributed by atoms with Gasteiger partial charge in [0.25, 0.3) is 0 Å². The molecule has 1 saturated heterocycles. The lowest BCUT2D eigenvalue weighted by Crippen LogP contribution is -2.54. The first-order valence-electron chi connectivity index (χ1n) is 7.75. The van der Waals surface area contributed by atoms with Gasteiger partial charge in [-0.25, -0.2) is 0 Å². The van der Waals surface area contributed by atoms with E-state index in [0.29, 0.717) is 0 Å². The summed E-state index contributed by atoms with van der Waals surface area (Å²) in [6.45, 7) is 5.11. The maximum atomic E-state index is 12.9. The number of rotatable bonds is 2. The van der Waals surface area contributed by atoms with Gasteiger partial charge in [0, 0.05) is 12.5 Å². The Kier molecular flexibility index (Phi) is 4.55. The van der Waals surface area contributed by atoms with Gasteiger partial charge >= 0.3 is 0 Å². The molecule has 1 heterocycles. The second kappa shape index (κ2) is 6.02. The van der Waals surface area contributed by atoms with E-state index in [1.807, 2.05) is 4.90 Å². The molecule has 1 aliphatic carbocycles. The summed E-state index contributed by atoms with van der Waals surface area (Å²) < 4.78 is 0. The highest BCUT2D eigenvalue weighted by Gasteiger charge is 2.41. The van der Waals surface area contributed by atoms with Crippen molar-refractivity contribution in [2.45, 2.75) is 64.8 Å². The van der Waals surface area contributed by atoms with Crippen LogP contribution in [0.1, 0.15) is 58.8 Å². The van der Waals surface area contributed by atoms with Crippen molar-refractivity contribution in [1.82, 2.24) is 4.90 Å². The van der Waals surface area contributed by atoms with Crippen LogP contribution in [-0.2, 0) is 4.79 Å². The number of nitrogens with zero attached hydrogens (tertiary/aromatic N) is 2. The molecule has 1 aliphatic heterocycles. The third kappa shape index (κ3) is 2.91. The monoisotopic (exact) mass is 281 g/mol. The molecule has 5 heteroatoms. The van der Waals surface area contributed by atoms with Gasteiger partial charge in [-0.05, 0) is 37.5 Å². The van der Waals surface area contributed by atoms with Gasteiger partial charge in [0.15, 0.2) is 5.84 Å². The fourth-order valence-corrected chi connectivity index (χ4v) is 3.72. The van der Waals surface area contributed by atoms with Gasteiger partial charge in [0.05, 0.1) is 6.04 Å². The molecule has 2 unspecified atom stereocenters. The number of amides is 1. The highest BCUT2D eigenvalue weighted by molar-refractivity contribution is 5.91. The summed E-state index contributed by atoms with van der Waals surface area (Å²) in [6, 6.07) is -0.223. The van der Waals surface area contributed by atoms with Crippen molar-refractivity contribution in [3.05, 3.63) is 0 Å². The van der Waals surface area contributed by atoms with Crippen LogP contribution < -0.4 is 5.73 Å². The lowest BCUT2D eigenvalue weighted by molar-refractivity contribution is -0.143. The Balaban J connectivity index is 2.17. The number of hydrogen-bond donors (Lipinski definition) is 2. The van der Waals surface area contributed by atoms with Crippen molar-refractivity contribution in [3.8, 4) is 0 Å². The maximum Gasteiger partial charge on any atom is 0.226 e. The Hall–Kier alpha value is -1.26. The third-order valence-electron chi connectivity index (χ3n) is 5.05. The van der Waals surface area contributed by atoms with E-state index in [1.54, 1.807) is 0 Å². The van der Waals surface area contributed by atoms with E-state index in [-0.39, 0.29) is 29.1 Å². The Labute approximate surface area is 121 Å². The SMILES string of the molecule is CC1(C)CCCCC1C(=O)N1CCCCC1C(N)=NO. The van der Waals surface area contributed by atoms with Crippen LogP contribution in [0.5, 0.6) is 0 Å². The second-order valence-electron chi connectivity index (χ2n) is 6.86. The van der Waals surface area contributed by atoms with Crippen molar-refractivity contribution in [2.75, 3.05) is 6.54 Å². The Morgan fingerprint density at radius 1 is 1.25 bits per heavy atom. The van der Waals surface area contributed by atoms with Crippen LogP contribution >= 0.6 is 0 Å². The average molecular weight is 281 g/mol. The average Bonchev–Trinajstić information content (AvgIpc) is 2.45. The van der Waals surface area contributed by atoms with E-state index in [4.69, 9.17) is 10.9 Å². The predicted octanol–water partition coefficient (Wildman–Crippen LogP) is 2.33. The summed E-state index contributed by atoms with van der Waals surface area (Å²) in [4.78, 5) is 14.8. The summed E-state index contributed by atoms with van der Waals surface area (Å²) >= 11 is 0. The number of likely N-dealkylation sites (tertiary alicyclic amines) is 1. The van der Waals surface area contributed by atoms with Gasteiger partial charge < -0.3 is 15.8 Å². The molecule has 3 N–H and O–H groups in total. The normalized spacial score (nSPS) is 31.1. The van der Waals surface area contributed by atoms with Crippen molar-refractivity contribution >= 4 is 11.7 Å². The third-order valence-corrected chi connectivity index (χ3v) is 5.05. The van der Waals surface area contributed by atoms with Crippen molar-refractivity contribution in [1.29, 1.82) is 0 Å². The van der Waals surface area contributed by atoms with Crippen LogP contribution in [0, 0.1) is 11.3 Å². The number of carbonyl (C=O) groups excluding carboxylic acids is 1. The second-order valence-corrected chi connectivity index (χ2v) is 6.86. The molecule has 0 spiro atoms. The predicted molar refractivity (Wildman–Crippen MR) is 78.5 cm³/mol. The Morgan fingerprint density at radius 3 is 2.60 bits per heavy atom. The number of hydrogen-bond acceptors (Lipinski definition) is 3. The van der Waals surface area contributed by atoms with Crippen LogP contribution in [0.4, 0.5) is 0 Å². The van der Waals surface area contributed by atoms with E-state index < -0.39 is 0 Å². The number of amidine groups is 1. The van der Waals surface area contributed by atoms with Gasteiger partial charge in [-0.1, -0.05) is 31.8 Å². The summed E-state index contributed by atoms with van der Waals surface area (Å²) in [5.74, 6) is 0.445. The topological polar surface area (TPSA) is 78.9 Å². The molecule has 5 nitrogen and oxygen atoms in total. The molecule has 2 fully saturated rings. The summed E-state index contributed by atoms with van der Waals surface area (Å²) in [5, 5.41) is 12.1. The first kappa shape index (κ1) is 15.1. The fraction of sp³-hybridized carbons (Fsp3) is 0.867. The van der Waals surface area contributed by atoms with E-state index >= 15 is 0 Å². The number of nitrogens with two attached hydrogens (primary N) is 1. The van der Waals surface area contributed by atoms with E-state index in [0.717, 1.165) is 45.1 Å². The first-order valence-corrected chi connectivity index (χ1v) is 7.75. The van der Waals surface area contributed by atoms with Crippen molar-refractivity contribution in [3.63, 3.8) is 0 Å². The summed E-state index contributed by atoms with van der Waals surface area (Å²) in [5.41, 5.74) is 5.84. The minimum Gasteiger partial charge on any atom is -0.409 e. The Morgan fingerprint density at radius 2 is 1.95 bits per heavy atom. The summed E-state index contributed by atoms with van der Waals surface area (Å²) in [7, 11) is 0. The molecule has 0 radical (unpaired) electrons. The van der Waals surface area contributed by atoms with Crippen LogP contribution in [0.25, 0.3) is 0 Å². The standard InChI is InChI=1S/C15H27N3O2/c1-15(2)9-5-3-7-11(15)14(19)18-10-6-4-8-12(18)13(16)17-20/h11-12,20H,3-10H2,1-2H3,(H2,16,17). The summed E-state index contributed by atoms with van der Waals surface area (Å²) in [6.07, 6.45) is 7.24. The van der Waals surface area contributed by atoms with Gasteiger partial charge in [-0.15, -0.1) is 0 Å². The van der Waals surface area contributed by atoms with Crippen LogP contribution in [0.15, 0.2) is 5.16 Å². The molecule has 114 valence electrons. The molecule has 0 bridgehead atoms. The highest BCUT2D eigenvalue weighted by Crippen LogP contribution is 2.42. The van der Waals surface area contributed by atoms with Gasteiger partial charge in [-0.2, -0.15) is 0 Å². The van der Waals surface area contributed by atoms with Gasteiger partial charge in [0.2, 0.25) is 5.91 Å². The van der Waals surface area contributed by atoms with Crippen LogP contribution in [-0.4, -0.2) is 34.4 Å². The molecule has 1 amide bonds. The van der Waals surface area contributed by atoms with Crippen LogP contribution in [0.3, 0.4) is 0 Å². The molecular weight excluding hydrogens is 254 g/mol.